The van der Waals surface area contributed by atoms with Gasteiger partial charge in [-0.25, -0.2) is 0 Å². The van der Waals surface area contributed by atoms with Crippen molar-refractivity contribution in [1.29, 1.82) is 0 Å². The highest BCUT2D eigenvalue weighted by Gasteiger charge is 2.46. The maximum atomic E-state index is 12.5. The second-order valence-electron chi connectivity index (χ2n) is 6.45. The first-order valence-corrected chi connectivity index (χ1v) is 7.00. The van der Waals surface area contributed by atoms with E-state index < -0.39 is 0 Å². The Kier molecular flexibility index (Phi) is 3.04. The maximum absolute atomic E-state index is 12.5. The van der Waals surface area contributed by atoms with Crippen LogP contribution in [0.5, 0.6) is 5.75 Å². The van der Waals surface area contributed by atoms with Crippen molar-refractivity contribution in [2.24, 2.45) is 16.4 Å². The third kappa shape index (κ3) is 2.19. The highest BCUT2D eigenvalue weighted by atomic mass is 16.5. The number of fused-ring (bicyclic) bond motifs is 1. The molecule has 0 bridgehead atoms. The van der Waals surface area contributed by atoms with Crippen LogP contribution >= 0.6 is 0 Å². The van der Waals surface area contributed by atoms with Crippen LogP contribution in [0.2, 0.25) is 0 Å². The average Bonchev–Trinajstić information content (AvgIpc) is 2.81. The Hall–Kier alpha value is -1.84. The van der Waals surface area contributed by atoms with E-state index in [2.05, 4.69) is 24.4 Å². The number of nitrogens with zero attached hydrogens (tertiary/aromatic N) is 1. The summed E-state index contributed by atoms with van der Waals surface area (Å²) in [6.07, 6.45) is 1.60. The highest BCUT2D eigenvalue weighted by molar-refractivity contribution is 6.15. The van der Waals surface area contributed by atoms with E-state index in [1.165, 1.54) is 0 Å². The number of ketones is 1. The summed E-state index contributed by atoms with van der Waals surface area (Å²) in [5, 5.41) is 4.43. The topological polar surface area (TPSA) is 50.7 Å². The van der Waals surface area contributed by atoms with Crippen molar-refractivity contribution < 1.29 is 9.53 Å². The van der Waals surface area contributed by atoms with Gasteiger partial charge in [0.2, 0.25) is 0 Å². The molecular weight excluding hydrogens is 252 g/mol. The predicted molar refractivity (Wildman–Crippen MR) is 78.0 cm³/mol. The number of hydrogen-bond donors (Lipinski definition) is 1. The summed E-state index contributed by atoms with van der Waals surface area (Å²) in [4.78, 5) is 12.5. The standard InChI is InChI=1S/C16H20N2O2/c1-16(2)8-12-14(13(19)9-16)15(18-17-12)10-5-4-6-11(7-10)20-3/h4-7,12,14,17H,8-9H2,1-3H3. The summed E-state index contributed by atoms with van der Waals surface area (Å²) in [6, 6.07) is 7.89. The van der Waals surface area contributed by atoms with Crippen LogP contribution in [-0.2, 0) is 4.79 Å². The first-order chi connectivity index (χ1) is 9.50. The van der Waals surface area contributed by atoms with Crippen molar-refractivity contribution in [2.45, 2.75) is 32.7 Å². The van der Waals surface area contributed by atoms with E-state index in [-0.39, 0.29) is 23.2 Å². The van der Waals surface area contributed by atoms with Crippen LogP contribution in [0.25, 0.3) is 0 Å². The molecule has 0 spiro atoms. The van der Waals surface area contributed by atoms with E-state index >= 15 is 0 Å². The molecule has 2 aliphatic rings. The van der Waals surface area contributed by atoms with Gasteiger partial charge in [-0.3, -0.25) is 4.79 Å². The van der Waals surface area contributed by atoms with Gasteiger partial charge in [-0.2, -0.15) is 5.10 Å². The zero-order valence-electron chi connectivity index (χ0n) is 12.1. The van der Waals surface area contributed by atoms with Gasteiger partial charge in [-0.1, -0.05) is 26.0 Å². The van der Waals surface area contributed by atoms with E-state index in [4.69, 9.17) is 4.74 Å². The van der Waals surface area contributed by atoms with Crippen molar-refractivity contribution in [3.63, 3.8) is 0 Å². The van der Waals surface area contributed by atoms with Gasteiger partial charge in [0.1, 0.15) is 11.5 Å². The summed E-state index contributed by atoms with van der Waals surface area (Å²) in [5.41, 5.74) is 5.04. The molecule has 2 atom stereocenters. The van der Waals surface area contributed by atoms with Gasteiger partial charge in [0, 0.05) is 12.0 Å². The summed E-state index contributed by atoms with van der Waals surface area (Å²) < 4.78 is 5.25. The third-order valence-corrected chi connectivity index (χ3v) is 4.19. The number of benzene rings is 1. The fourth-order valence-corrected chi connectivity index (χ4v) is 3.30. The molecule has 1 fully saturated rings. The molecule has 4 nitrogen and oxygen atoms in total. The van der Waals surface area contributed by atoms with Gasteiger partial charge < -0.3 is 10.2 Å². The summed E-state index contributed by atoms with van der Waals surface area (Å²) >= 11 is 0. The molecule has 2 unspecified atom stereocenters. The molecule has 1 aromatic carbocycles. The zero-order valence-corrected chi connectivity index (χ0v) is 12.1. The van der Waals surface area contributed by atoms with Gasteiger partial charge in [0.25, 0.3) is 0 Å². The molecule has 0 saturated heterocycles. The van der Waals surface area contributed by atoms with Crippen molar-refractivity contribution in [2.75, 3.05) is 7.11 Å². The van der Waals surface area contributed by atoms with Crippen molar-refractivity contribution in [3.05, 3.63) is 29.8 Å². The minimum absolute atomic E-state index is 0.0601. The van der Waals surface area contributed by atoms with Gasteiger partial charge in [-0.15, -0.1) is 0 Å². The second kappa shape index (κ2) is 4.62. The largest absolute Gasteiger partial charge is 0.497 e. The fraction of sp³-hybridized carbons (Fsp3) is 0.500. The molecule has 1 aliphatic heterocycles. The number of hydrogen-bond acceptors (Lipinski definition) is 4. The lowest BCUT2D eigenvalue weighted by Gasteiger charge is -2.36. The molecule has 1 aromatic rings. The molecule has 106 valence electrons. The Morgan fingerprint density at radius 2 is 2.20 bits per heavy atom. The van der Waals surface area contributed by atoms with Crippen molar-refractivity contribution >= 4 is 11.5 Å². The molecule has 0 radical (unpaired) electrons. The molecule has 0 amide bonds. The van der Waals surface area contributed by atoms with Gasteiger partial charge in [-0.05, 0) is 24.0 Å². The number of nitrogens with one attached hydrogen (secondary N) is 1. The lowest BCUT2D eigenvalue weighted by molar-refractivity contribution is -0.126. The van der Waals surface area contributed by atoms with Crippen LogP contribution in [0.3, 0.4) is 0 Å². The first-order valence-electron chi connectivity index (χ1n) is 7.00. The molecule has 1 heterocycles. The van der Waals surface area contributed by atoms with Gasteiger partial charge in [0.05, 0.1) is 24.8 Å². The highest BCUT2D eigenvalue weighted by Crippen LogP contribution is 2.39. The second-order valence-corrected chi connectivity index (χ2v) is 6.45. The Labute approximate surface area is 119 Å². The summed E-state index contributed by atoms with van der Waals surface area (Å²) in [7, 11) is 1.64. The Morgan fingerprint density at radius 3 is 2.95 bits per heavy atom. The monoisotopic (exact) mass is 272 g/mol. The van der Waals surface area contributed by atoms with E-state index in [0.717, 1.165) is 23.4 Å². The lowest BCUT2D eigenvalue weighted by atomic mass is 9.68. The Morgan fingerprint density at radius 1 is 1.40 bits per heavy atom. The van der Waals surface area contributed by atoms with Crippen LogP contribution in [0, 0.1) is 11.3 Å². The minimum atomic E-state index is -0.116. The van der Waals surface area contributed by atoms with Gasteiger partial charge >= 0.3 is 0 Å². The van der Waals surface area contributed by atoms with Crippen molar-refractivity contribution in [3.8, 4) is 5.75 Å². The smallest absolute Gasteiger partial charge is 0.144 e. The molecule has 0 aromatic heterocycles. The lowest BCUT2D eigenvalue weighted by Crippen LogP contribution is -2.45. The number of carbonyl (C=O) groups excluding carboxylic acids is 1. The number of hydrazone groups is 1. The summed E-state index contributed by atoms with van der Waals surface area (Å²) in [6.45, 7) is 4.29. The Balaban J connectivity index is 1.91. The van der Waals surface area contributed by atoms with E-state index in [1.54, 1.807) is 7.11 Å². The molecule has 4 heteroatoms. The third-order valence-electron chi connectivity index (χ3n) is 4.19. The predicted octanol–water partition coefficient (Wildman–Crippen LogP) is 2.38. The molecule has 1 N–H and O–H groups in total. The zero-order chi connectivity index (χ0) is 14.3. The molecule has 1 saturated carbocycles. The van der Waals surface area contributed by atoms with Crippen LogP contribution in [0.4, 0.5) is 0 Å². The van der Waals surface area contributed by atoms with Crippen LogP contribution in [0.15, 0.2) is 29.4 Å². The van der Waals surface area contributed by atoms with Crippen LogP contribution in [0.1, 0.15) is 32.3 Å². The molecule has 1 aliphatic carbocycles. The number of ether oxygens (including phenoxy) is 1. The maximum Gasteiger partial charge on any atom is 0.144 e. The van der Waals surface area contributed by atoms with Crippen molar-refractivity contribution in [1.82, 2.24) is 5.43 Å². The van der Waals surface area contributed by atoms with Crippen LogP contribution in [-0.4, -0.2) is 24.6 Å². The number of carbonyl (C=O) groups is 1. The fourth-order valence-electron chi connectivity index (χ4n) is 3.30. The van der Waals surface area contributed by atoms with E-state index in [1.807, 2.05) is 24.3 Å². The number of rotatable bonds is 2. The van der Waals surface area contributed by atoms with E-state index in [9.17, 15) is 4.79 Å². The molecule has 3 rings (SSSR count). The van der Waals surface area contributed by atoms with Gasteiger partial charge in [0.15, 0.2) is 0 Å². The minimum Gasteiger partial charge on any atom is -0.497 e. The first kappa shape index (κ1) is 13.2. The SMILES string of the molecule is COc1cccc(C2=NNC3CC(C)(C)CC(=O)C23)c1. The molecule has 20 heavy (non-hydrogen) atoms. The normalized spacial score (nSPS) is 27.6. The van der Waals surface area contributed by atoms with Crippen LogP contribution < -0.4 is 10.2 Å². The quantitative estimate of drug-likeness (QED) is 0.899. The number of Topliss-reactive ketones (excluding diaryl/α,β-unsaturated/α-hetero) is 1. The number of methoxy groups -OCH3 is 1. The van der Waals surface area contributed by atoms with E-state index in [0.29, 0.717) is 6.42 Å². The molecular formula is C16H20N2O2. The summed E-state index contributed by atoms with van der Waals surface area (Å²) in [5.74, 6) is 0.963. The Bertz CT molecular complexity index is 578. The average molecular weight is 272 g/mol.